The van der Waals surface area contributed by atoms with Gasteiger partial charge in [-0.25, -0.2) is 9.78 Å². The summed E-state index contributed by atoms with van der Waals surface area (Å²) >= 11 is 0. The predicted molar refractivity (Wildman–Crippen MR) is 130 cm³/mol. The second kappa shape index (κ2) is 9.29. The van der Waals surface area contributed by atoms with Crippen LogP contribution < -0.4 is 0 Å². The van der Waals surface area contributed by atoms with Crippen LogP contribution in [0.15, 0.2) is 48.7 Å². The van der Waals surface area contributed by atoms with Crippen LogP contribution in [0.4, 0.5) is 0 Å². The van der Waals surface area contributed by atoms with Crippen LogP contribution >= 0.6 is 0 Å². The van der Waals surface area contributed by atoms with Crippen molar-refractivity contribution < 1.29 is 9.53 Å². The lowest BCUT2D eigenvalue weighted by molar-refractivity contribution is -0.134. The number of carbonyl (C=O) groups excluding carboxylic acids is 1. The van der Waals surface area contributed by atoms with Gasteiger partial charge >= 0.3 is 5.97 Å². The molecule has 0 radical (unpaired) electrons. The molecule has 1 aliphatic heterocycles. The fraction of sp³-hybridized carbons (Fsp3) is 0.407. The zero-order chi connectivity index (χ0) is 22.7. The standard InChI is InChI=1S/C27H33N3O2/c1-27(2,3)25-21(22-7-5-16-28-26(22)29-25)15-18-30-17-6-8-23(30)20-12-9-19(10-13-20)11-14-24(31)32-4/h5,7,9-14,16,23H,6,8,15,17-18H2,1-4H3,(H,28,29)/t23-/m0/s1. The first-order valence-electron chi connectivity index (χ1n) is 11.4. The van der Waals surface area contributed by atoms with E-state index < -0.39 is 0 Å². The van der Waals surface area contributed by atoms with Crippen LogP contribution in [0.25, 0.3) is 17.1 Å². The number of benzene rings is 1. The average Bonchev–Trinajstić information content (AvgIpc) is 3.40. The van der Waals surface area contributed by atoms with Crippen LogP contribution in [0.3, 0.4) is 0 Å². The maximum Gasteiger partial charge on any atom is 0.330 e. The largest absolute Gasteiger partial charge is 0.466 e. The van der Waals surface area contributed by atoms with Gasteiger partial charge in [0.2, 0.25) is 0 Å². The molecular formula is C27H33N3O2. The second-order valence-electron chi connectivity index (χ2n) is 9.60. The fourth-order valence-electron chi connectivity index (χ4n) is 4.77. The molecule has 1 N–H and O–H groups in total. The molecule has 32 heavy (non-hydrogen) atoms. The number of methoxy groups -OCH3 is 1. The van der Waals surface area contributed by atoms with Gasteiger partial charge < -0.3 is 9.72 Å². The number of likely N-dealkylation sites (tertiary alicyclic amines) is 1. The quantitative estimate of drug-likeness (QED) is 0.418. The van der Waals surface area contributed by atoms with Crippen molar-refractivity contribution in [2.45, 2.75) is 51.5 Å². The molecule has 0 unspecified atom stereocenters. The van der Waals surface area contributed by atoms with Gasteiger partial charge in [-0.15, -0.1) is 0 Å². The lowest BCUT2D eigenvalue weighted by Crippen LogP contribution is -2.26. The molecule has 0 bridgehead atoms. The molecule has 1 saturated heterocycles. The van der Waals surface area contributed by atoms with Gasteiger partial charge in [0.15, 0.2) is 0 Å². The van der Waals surface area contributed by atoms with E-state index in [9.17, 15) is 4.79 Å². The Morgan fingerprint density at radius 3 is 2.75 bits per heavy atom. The van der Waals surface area contributed by atoms with E-state index in [4.69, 9.17) is 0 Å². The molecule has 3 aromatic rings. The van der Waals surface area contributed by atoms with Crippen molar-refractivity contribution in [2.75, 3.05) is 20.2 Å². The first kappa shape index (κ1) is 22.3. The van der Waals surface area contributed by atoms with E-state index in [0.717, 1.165) is 30.7 Å². The number of fused-ring (bicyclic) bond motifs is 1. The van der Waals surface area contributed by atoms with Crippen LogP contribution in [0.5, 0.6) is 0 Å². The molecule has 3 heterocycles. The van der Waals surface area contributed by atoms with Gasteiger partial charge in [-0.1, -0.05) is 45.0 Å². The van der Waals surface area contributed by atoms with Crippen molar-refractivity contribution in [3.05, 3.63) is 71.1 Å². The number of nitrogens with zero attached hydrogens (tertiary/aromatic N) is 2. The minimum absolute atomic E-state index is 0.0496. The van der Waals surface area contributed by atoms with Gasteiger partial charge in [-0.2, -0.15) is 0 Å². The first-order chi connectivity index (χ1) is 15.4. The van der Waals surface area contributed by atoms with Gasteiger partial charge in [0.05, 0.1) is 7.11 Å². The molecule has 5 heteroatoms. The lowest BCUT2D eigenvalue weighted by Gasteiger charge is -2.26. The zero-order valence-electron chi connectivity index (χ0n) is 19.5. The van der Waals surface area contributed by atoms with Gasteiger partial charge in [0, 0.05) is 41.4 Å². The van der Waals surface area contributed by atoms with Crippen LogP contribution in [0, 0.1) is 0 Å². The normalized spacial score (nSPS) is 17.4. The van der Waals surface area contributed by atoms with E-state index >= 15 is 0 Å². The number of esters is 1. The van der Waals surface area contributed by atoms with Crippen molar-refractivity contribution in [2.24, 2.45) is 0 Å². The Morgan fingerprint density at radius 1 is 1.25 bits per heavy atom. The molecule has 1 aliphatic rings. The summed E-state index contributed by atoms with van der Waals surface area (Å²) in [5.74, 6) is -0.335. The highest BCUT2D eigenvalue weighted by Crippen LogP contribution is 2.34. The van der Waals surface area contributed by atoms with Gasteiger partial charge in [-0.05, 0) is 60.7 Å². The number of aromatic amines is 1. The van der Waals surface area contributed by atoms with Crippen molar-refractivity contribution in [3.8, 4) is 0 Å². The Bertz CT molecular complexity index is 1110. The number of rotatable bonds is 6. The van der Waals surface area contributed by atoms with Crippen LogP contribution in [-0.4, -0.2) is 41.0 Å². The number of nitrogens with one attached hydrogen (secondary N) is 1. The molecule has 0 saturated carbocycles. The second-order valence-corrected chi connectivity index (χ2v) is 9.60. The van der Waals surface area contributed by atoms with E-state index in [1.54, 1.807) is 6.08 Å². The summed E-state index contributed by atoms with van der Waals surface area (Å²) in [4.78, 5) is 22.1. The topological polar surface area (TPSA) is 58.2 Å². The highest BCUT2D eigenvalue weighted by molar-refractivity contribution is 5.86. The molecule has 1 atom stereocenters. The molecular weight excluding hydrogens is 398 g/mol. The Hall–Kier alpha value is -2.92. The van der Waals surface area contributed by atoms with E-state index in [0.29, 0.717) is 6.04 Å². The zero-order valence-corrected chi connectivity index (χ0v) is 19.5. The van der Waals surface area contributed by atoms with Gasteiger partial charge in [0.1, 0.15) is 5.65 Å². The lowest BCUT2D eigenvalue weighted by atomic mass is 9.88. The first-order valence-corrected chi connectivity index (χ1v) is 11.4. The molecule has 2 aromatic heterocycles. The molecule has 4 rings (SSSR count). The van der Waals surface area contributed by atoms with E-state index in [1.807, 2.05) is 12.3 Å². The summed E-state index contributed by atoms with van der Waals surface area (Å²) in [6.07, 6.45) is 8.51. The monoisotopic (exact) mass is 431 g/mol. The van der Waals surface area contributed by atoms with Crippen molar-refractivity contribution in [1.82, 2.24) is 14.9 Å². The van der Waals surface area contributed by atoms with Crippen molar-refractivity contribution in [3.63, 3.8) is 0 Å². The van der Waals surface area contributed by atoms with Crippen LogP contribution in [0.2, 0.25) is 0 Å². The van der Waals surface area contributed by atoms with Gasteiger partial charge in [-0.3, -0.25) is 4.90 Å². The van der Waals surface area contributed by atoms with Crippen molar-refractivity contribution in [1.29, 1.82) is 0 Å². The summed E-state index contributed by atoms with van der Waals surface area (Å²) < 4.78 is 4.67. The SMILES string of the molecule is COC(=O)C=Cc1ccc([C@@H]2CCCN2CCc2c(C(C)(C)C)[nH]c3ncccc23)cc1. The van der Waals surface area contributed by atoms with E-state index in [1.165, 1.54) is 48.2 Å². The molecule has 168 valence electrons. The number of hydrogen-bond donors (Lipinski definition) is 1. The Balaban J connectivity index is 1.50. The third-order valence-electron chi connectivity index (χ3n) is 6.37. The maximum absolute atomic E-state index is 11.3. The average molecular weight is 432 g/mol. The predicted octanol–water partition coefficient (Wildman–Crippen LogP) is 5.43. The van der Waals surface area contributed by atoms with E-state index in [-0.39, 0.29) is 11.4 Å². The molecule has 0 aliphatic carbocycles. The molecule has 0 amide bonds. The van der Waals surface area contributed by atoms with E-state index in [2.05, 4.69) is 70.7 Å². The number of ether oxygens (including phenoxy) is 1. The summed E-state index contributed by atoms with van der Waals surface area (Å²) in [5.41, 5.74) is 6.08. The summed E-state index contributed by atoms with van der Waals surface area (Å²) in [6.45, 7) is 8.93. The molecule has 1 fully saturated rings. The van der Waals surface area contributed by atoms with Crippen molar-refractivity contribution >= 4 is 23.1 Å². The molecule has 5 nitrogen and oxygen atoms in total. The summed E-state index contributed by atoms with van der Waals surface area (Å²) in [6, 6.07) is 13.2. The highest BCUT2D eigenvalue weighted by atomic mass is 16.5. The molecule has 0 spiro atoms. The van der Waals surface area contributed by atoms with Crippen LogP contribution in [-0.2, 0) is 21.4 Å². The number of carbonyl (C=O) groups is 1. The Morgan fingerprint density at radius 2 is 2.03 bits per heavy atom. The number of hydrogen-bond acceptors (Lipinski definition) is 4. The number of pyridine rings is 1. The Labute approximate surface area is 190 Å². The number of aromatic nitrogens is 2. The Kier molecular flexibility index (Phi) is 6.47. The summed E-state index contributed by atoms with van der Waals surface area (Å²) in [5, 5.41) is 1.25. The molecule has 1 aromatic carbocycles. The smallest absolute Gasteiger partial charge is 0.330 e. The summed E-state index contributed by atoms with van der Waals surface area (Å²) in [7, 11) is 1.39. The fourth-order valence-corrected chi connectivity index (χ4v) is 4.77. The third-order valence-corrected chi connectivity index (χ3v) is 6.37. The highest BCUT2D eigenvalue weighted by Gasteiger charge is 2.28. The third kappa shape index (κ3) is 4.78. The number of H-pyrrole nitrogens is 1. The minimum Gasteiger partial charge on any atom is -0.466 e. The minimum atomic E-state index is -0.335. The maximum atomic E-state index is 11.3. The van der Waals surface area contributed by atoms with Crippen LogP contribution in [0.1, 0.15) is 62.0 Å². The van der Waals surface area contributed by atoms with Gasteiger partial charge in [0.25, 0.3) is 0 Å².